The Morgan fingerprint density at radius 1 is 0.875 bits per heavy atom. The lowest BCUT2D eigenvalue weighted by Gasteiger charge is -1.99. The van der Waals surface area contributed by atoms with Crippen LogP contribution in [0.5, 0.6) is 0 Å². The lowest BCUT2D eigenvalue weighted by Crippen LogP contribution is -1.85. The molecule has 0 bridgehead atoms. The van der Waals surface area contributed by atoms with Crippen LogP contribution in [0.4, 0.5) is 0 Å². The molecule has 0 radical (unpaired) electrons. The molecule has 0 aliphatic heterocycles. The predicted molar refractivity (Wildman–Crippen MR) is 65.9 cm³/mol. The van der Waals surface area contributed by atoms with Crippen molar-refractivity contribution in [1.82, 2.24) is 0 Å². The van der Waals surface area contributed by atoms with E-state index in [2.05, 4.69) is 0 Å². The largest absolute Gasteiger partial charge is 0.295 e. The second kappa shape index (κ2) is 5.81. The quantitative estimate of drug-likeness (QED) is 0.722. The van der Waals surface area contributed by atoms with Crippen molar-refractivity contribution in [3.8, 4) is 0 Å². The van der Waals surface area contributed by atoms with E-state index in [4.69, 9.17) is 0 Å². The average molecular weight is 214 g/mol. The number of rotatable bonds is 4. The van der Waals surface area contributed by atoms with Crippen molar-refractivity contribution in [2.75, 3.05) is 0 Å². The van der Waals surface area contributed by atoms with Gasteiger partial charge >= 0.3 is 0 Å². The number of benzene rings is 1. The average Bonchev–Trinajstić information content (AvgIpc) is 2.24. The van der Waals surface area contributed by atoms with Crippen LogP contribution in [-0.2, 0) is 9.59 Å². The van der Waals surface area contributed by atoms with Crippen LogP contribution in [0.1, 0.15) is 25.0 Å². The third-order valence-electron chi connectivity index (χ3n) is 1.99. The molecule has 82 valence electrons. The fourth-order valence-corrected chi connectivity index (χ4v) is 1.23. The first-order valence-electron chi connectivity index (χ1n) is 5.06. The molecule has 16 heavy (non-hydrogen) atoms. The van der Waals surface area contributed by atoms with Crippen LogP contribution < -0.4 is 0 Å². The highest BCUT2D eigenvalue weighted by Crippen LogP contribution is 2.12. The molecule has 0 fully saturated rings. The Morgan fingerprint density at radius 2 is 1.25 bits per heavy atom. The fourth-order valence-electron chi connectivity index (χ4n) is 1.23. The van der Waals surface area contributed by atoms with E-state index >= 15 is 0 Å². The topological polar surface area (TPSA) is 34.1 Å². The minimum Gasteiger partial charge on any atom is -0.295 e. The van der Waals surface area contributed by atoms with Gasteiger partial charge in [-0.1, -0.05) is 36.4 Å². The summed E-state index contributed by atoms with van der Waals surface area (Å²) < 4.78 is 0. The maximum atomic E-state index is 10.8. The molecule has 2 heteroatoms. The fraction of sp³-hybridized carbons (Fsp3) is 0.143. The zero-order valence-electron chi connectivity index (χ0n) is 9.44. The van der Waals surface area contributed by atoms with Gasteiger partial charge in [0.15, 0.2) is 11.6 Å². The van der Waals surface area contributed by atoms with Gasteiger partial charge in [0.25, 0.3) is 0 Å². The van der Waals surface area contributed by atoms with Crippen molar-refractivity contribution in [2.24, 2.45) is 0 Å². The molecule has 0 saturated carbocycles. The molecule has 0 aromatic heterocycles. The summed E-state index contributed by atoms with van der Waals surface area (Å²) in [6, 6.07) is 7.59. The summed E-state index contributed by atoms with van der Waals surface area (Å²) >= 11 is 0. The molecule has 0 heterocycles. The van der Waals surface area contributed by atoms with Crippen LogP contribution in [0, 0.1) is 0 Å². The van der Waals surface area contributed by atoms with Gasteiger partial charge in [0.2, 0.25) is 0 Å². The van der Waals surface area contributed by atoms with Crippen LogP contribution in [0.2, 0.25) is 0 Å². The third kappa shape index (κ3) is 4.05. The van der Waals surface area contributed by atoms with Crippen molar-refractivity contribution in [2.45, 2.75) is 13.8 Å². The van der Waals surface area contributed by atoms with E-state index in [1.807, 2.05) is 24.3 Å². The minimum atomic E-state index is 0.00495. The summed E-state index contributed by atoms with van der Waals surface area (Å²) in [7, 11) is 0. The highest BCUT2D eigenvalue weighted by molar-refractivity contribution is 5.94. The van der Waals surface area contributed by atoms with Gasteiger partial charge in [-0.25, -0.2) is 0 Å². The Labute approximate surface area is 95.3 Å². The molecule has 2 nitrogen and oxygen atoms in total. The number of carbonyl (C=O) groups is 2. The van der Waals surface area contributed by atoms with Gasteiger partial charge in [-0.05, 0) is 37.1 Å². The van der Waals surface area contributed by atoms with Gasteiger partial charge in [0.1, 0.15) is 0 Å². The van der Waals surface area contributed by atoms with Gasteiger partial charge in [-0.15, -0.1) is 0 Å². The van der Waals surface area contributed by atoms with Crippen molar-refractivity contribution >= 4 is 23.7 Å². The Hall–Kier alpha value is -1.96. The van der Waals surface area contributed by atoms with Crippen LogP contribution >= 0.6 is 0 Å². The van der Waals surface area contributed by atoms with E-state index in [1.165, 1.54) is 26.0 Å². The van der Waals surface area contributed by atoms with E-state index in [0.29, 0.717) is 0 Å². The van der Waals surface area contributed by atoms with Crippen LogP contribution in [-0.4, -0.2) is 11.6 Å². The second-order valence-electron chi connectivity index (χ2n) is 3.52. The smallest absolute Gasteiger partial charge is 0.152 e. The molecule has 0 aliphatic carbocycles. The zero-order valence-corrected chi connectivity index (χ0v) is 9.44. The summed E-state index contributed by atoms with van der Waals surface area (Å²) in [5.41, 5.74) is 1.85. The first-order chi connectivity index (χ1) is 7.59. The van der Waals surface area contributed by atoms with Crippen molar-refractivity contribution in [3.05, 3.63) is 47.5 Å². The van der Waals surface area contributed by atoms with Crippen LogP contribution in [0.3, 0.4) is 0 Å². The number of allylic oxidation sites excluding steroid dienone is 2. The van der Waals surface area contributed by atoms with Crippen LogP contribution in [0.25, 0.3) is 12.2 Å². The van der Waals surface area contributed by atoms with Gasteiger partial charge in [0, 0.05) is 0 Å². The van der Waals surface area contributed by atoms with Crippen molar-refractivity contribution < 1.29 is 9.59 Å². The Bertz CT molecular complexity index is 411. The molecule has 1 aromatic rings. The molecule has 1 rings (SSSR count). The van der Waals surface area contributed by atoms with Gasteiger partial charge in [-0.3, -0.25) is 9.59 Å². The Kier molecular flexibility index (Phi) is 4.40. The summed E-state index contributed by atoms with van der Waals surface area (Å²) in [5.74, 6) is 0.00991. The van der Waals surface area contributed by atoms with E-state index in [0.717, 1.165) is 11.1 Å². The zero-order chi connectivity index (χ0) is 12.0. The molecule has 0 unspecified atom stereocenters. The summed E-state index contributed by atoms with van der Waals surface area (Å²) in [5, 5.41) is 0. The first kappa shape index (κ1) is 12.1. The SMILES string of the molecule is CC(=O)C=Cc1ccccc1C=CC(C)=O. The first-order valence-corrected chi connectivity index (χ1v) is 5.06. The number of ketones is 2. The van der Waals surface area contributed by atoms with Gasteiger partial charge in [-0.2, -0.15) is 0 Å². The summed E-state index contributed by atoms with van der Waals surface area (Å²) in [6.45, 7) is 3.01. The Morgan fingerprint density at radius 3 is 1.56 bits per heavy atom. The molecular weight excluding hydrogens is 200 g/mol. The van der Waals surface area contributed by atoms with E-state index in [-0.39, 0.29) is 11.6 Å². The molecule has 0 aliphatic rings. The highest BCUT2D eigenvalue weighted by Gasteiger charge is 1.95. The van der Waals surface area contributed by atoms with Gasteiger partial charge < -0.3 is 0 Å². The summed E-state index contributed by atoms with van der Waals surface area (Å²) in [4.78, 5) is 21.7. The third-order valence-corrected chi connectivity index (χ3v) is 1.99. The van der Waals surface area contributed by atoms with E-state index in [1.54, 1.807) is 12.2 Å². The lowest BCUT2D eigenvalue weighted by molar-refractivity contribution is -0.113. The monoisotopic (exact) mass is 214 g/mol. The minimum absolute atomic E-state index is 0.00495. The maximum Gasteiger partial charge on any atom is 0.152 e. The second-order valence-corrected chi connectivity index (χ2v) is 3.52. The van der Waals surface area contributed by atoms with Gasteiger partial charge in [0.05, 0.1) is 0 Å². The van der Waals surface area contributed by atoms with Crippen LogP contribution in [0.15, 0.2) is 36.4 Å². The molecule has 0 atom stereocenters. The number of hydrogen-bond donors (Lipinski definition) is 0. The van der Waals surface area contributed by atoms with E-state index in [9.17, 15) is 9.59 Å². The molecule has 1 aromatic carbocycles. The molecule has 0 spiro atoms. The van der Waals surface area contributed by atoms with Crippen molar-refractivity contribution in [1.29, 1.82) is 0 Å². The normalized spacial score (nSPS) is 11.1. The number of carbonyl (C=O) groups excluding carboxylic acids is 2. The maximum absolute atomic E-state index is 10.8. The molecule has 0 amide bonds. The predicted octanol–water partition coefficient (Wildman–Crippen LogP) is 2.89. The standard InChI is InChI=1S/C14H14O2/c1-11(15)7-9-13-5-3-4-6-14(13)10-8-12(2)16/h3-10H,1-2H3. The molecular formula is C14H14O2. The Balaban J connectivity index is 3.00. The molecule has 0 saturated heterocycles. The number of hydrogen-bond acceptors (Lipinski definition) is 2. The lowest BCUT2D eigenvalue weighted by atomic mass is 10.1. The molecule has 0 N–H and O–H groups in total. The van der Waals surface area contributed by atoms with Crippen molar-refractivity contribution in [3.63, 3.8) is 0 Å². The van der Waals surface area contributed by atoms with E-state index < -0.39 is 0 Å². The highest BCUT2D eigenvalue weighted by atomic mass is 16.1. The summed E-state index contributed by atoms with van der Waals surface area (Å²) in [6.07, 6.45) is 6.53.